The zero-order valence-electron chi connectivity index (χ0n) is 20.2. The lowest BCUT2D eigenvalue weighted by Gasteiger charge is -2.25. The summed E-state index contributed by atoms with van der Waals surface area (Å²) in [5.74, 6) is -0.803. The molecule has 4 aromatic rings. The van der Waals surface area contributed by atoms with E-state index in [0.29, 0.717) is 29.2 Å². The van der Waals surface area contributed by atoms with Crippen LogP contribution < -0.4 is 10.6 Å². The fourth-order valence-electron chi connectivity index (χ4n) is 5.03. The molecular weight excluding hydrogens is 472 g/mol. The number of aromatic nitrogens is 2. The molecule has 2 amide bonds. The number of carboxylic acids is 1. The van der Waals surface area contributed by atoms with Gasteiger partial charge in [0.1, 0.15) is 18.1 Å². The number of nitrogens with zero attached hydrogens (tertiary/aromatic N) is 2. The summed E-state index contributed by atoms with van der Waals surface area (Å²) in [5.41, 5.74) is 4.17. The number of hydrogen-bond acceptors (Lipinski definition) is 5. The van der Waals surface area contributed by atoms with E-state index in [1.165, 1.54) is 19.3 Å². The topological polar surface area (TPSA) is 126 Å². The molecule has 37 heavy (non-hydrogen) atoms. The quantitative estimate of drug-likeness (QED) is 0.284. The first kappa shape index (κ1) is 24.3. The normalized spacial score (nSPS) is 14.8. The van der Waals surface area contributed by atoms with E-state index >= 15 is 0 Å². The van der Waals surface area contributed by atoms with Crippen LogP contribution in [0.15, 0.2) is 65.5 Å². The minimum Gasteiger partial charge on any atom is -0.480 e. The number of nitrogens with one attached hydrogen (secondary N) is 2. The molecule has 1 saturated carbocycles. The number of benzene rings is 2. The Morgan fingerprint density at radius 3 is 2.57 bits per heavy atom. The van der Waals surface area contributed by atoms with Gasteiger partial charge in [0, 0.05) is 23.7 Å². The zero-order chi connectivity index (χ0) is 25.8. The van der Waals surface area contributed by atoms with E-state index in [-0.39, 0.29) is 6.42 Å². The number of aliphatic carboxylic acids is 1. The molecule has 0 saturated heterocycles. The second-order valence-electron chi connectivity index (χ2n) is 9.34. The monoisotopic (exact) mass is 500 g/mol. The molecule has 1 fully saturated rings. The summed E-state index contributed by atoms with van der Waals surface area (Å²) in [7, 11) is 0. The van der Waals surface area contributed by atoms with Gasteiger partial charge in [-0.25, -0.2) is 9.78 Å². The van der Waals surface area contributed by atoms with Crippen LogP contribution in [0.25, 0.3) is 22.4 Å². The molecule has 1 aliphatic carbocycles. The maximum atomic E-state index is 13.1. The molecule has 9 heteroatoms. The van der Waals surface area contributed by atoms with Crippen LogP contribution in [0, 0.1) is 0 Å². The van der Waals surface area contributed by atoms with Crippen molar-refractivity contribution >= 4 is 35.0 Å². The molecule has 9 nitrogen and oxygen atoms in total. The Morgan fingerprint density at radius 1 is 1.11 bits per heavy atom. The van der Waals surface area contributed by atoms with Crippen molar-refractivity contribution in [1.29, 1.82) is 0 Å². The van der Waals surface area contributed by atoms with Crippen LogP contribution in [0.5, 0.6) is 0 Å². The van der Waals surface area contributed by atoms with E-state index < -0.39 is 17.9 Å². The van der Waals surface area contributed by atoms with Gasteiger partial charge in [0.15, 0.2) is 0 Å². The van der Waals surface area contributed by atoms with Gasteiger partial charge in [-0.05, 0) is 54.8 Å². The highest BCUT2D eigenvalue weighted by atomic mass is 16.4. The molecule has 3 N–H and O–H groups in total. The van der Waals surface area contributed by atoms with Gasteiger partial charge in [0.25, 0.3) is 5.91 Å². The first-order valence-corrected chi connectivity index (χ1v) is 12.4. The molecule has 2 heterocycles. The van der Waals surface area contributed by atoms with Gasteiger partial charge >= 0.3 is 5.97 Å². The lowest BCUT2D eigenvalue weighted by molar-refractivity contribution is -0.139. The number of carbonyl (C=O) groups is 3. The lowest BCUT2D eigenvalue weighted by Crippen LogP contribution is -2.42. The Bertz CT molecular complexity index is 1400. The molecule has 1 unspecified atom stereocenters. The number of rotatable bonds is 9. The SMILES string of the molecule is O=CNc1ccc(CC(NC(=O)c2ccc3c(c2)nc(-c2ccoc2)n3C2CCCCC2)C(=O)O)cc1. The van der Waals surface area contributed by atoms with E-state index in [2.05, 4.69) is 15.2 Å². The minimum absolute atomic E-state index is 0.103. The van der Waals surface area contributed by atoms with E-state index in [9.17, 15) is 19.5 Å². The van der Waals surface area contributed by atoms with Crippen LogP contribution in [0.1, 0.15) is 54.1 Å². The largest absolute Gasteiger partial charge is 0.480 e. The molecule has 2 aromatic carbocycles. The number of anilines is 1. The molecule has 2 aromatic heterocycles. The molecule has 190 valence electrons. The van der Waals surface area contributed by atoms with Crippen LogP contribution in [0.2, 0.25) is 0 Å². The average molecular weight is 501 g/mol. The summed E-state index contributed by atoms with van der Waals surface area (Å²) in [4.78, 5) is 40.4. The number of fused-ring (bicyclic) bond motifs is 1. The first-order chi connectivity index (χ1) is 18.0. The first-order valence-electron chi connectivity index (χ1n) is 12.4. The van der Waals surface area contributed by atoms with E-state index in [1.54, 1.807) is 48.9 Å². The van der Waals surface area contributed by atoms with Crippen LogP contribution in [-0.4, -0.2) is 39.0 Å². The summed E-state index contributed by atoms with van der Waals surface area (Å²) >= 11 is 0. The third kappa shape index (κ3) is 5.25. The summed E-state index contributed by atoms with van der Waals surface area (Å²) in [6, 6.07) is 13.2. The van der Waals surface area contributed by atoms with Gasteiger partial charge in [-0.3, -0.25) is 9.59 Å². The zero-order valence-corrected chi connectivity index (χ0v) is 20.2. The van der Waals surface area contributed by atoms with E-state index in [0.717, 1.165) is 35.3 Å². The fourth-order valence-corrected chi connectivity index (χ4v) is 5.03. The van der Waals surface area contributed by atoms with Crippen LogP contribution >= 0.6 is 0 Å². The Balaban J connectivity index is 1.40. The average Bonchev–Trinajstić information content (AvgIpc) is 3.57. The number of carbonyl (C=O) groups excluding carboxylic acids is 2. The Labute approximate surface area is 213 Å². The van der Waals surface area contributed by atoms with E-state index in [4.69, 9.17) is 9.40 Å². The number of amides is 2. The Morgan fingerprint density at radius 2 is 1.89 bits per heavy atom. The third-order valence-corrected chi connectivity index (χ3v) is 6.89. The molecule has 0 radical (unpaired) electrons. The standard InChI is InChI=1S/C28H28N4O5/c33-17-29-21-9-6-18(7-10-21)14-24(28(35)36)31-27(34)19-8-11-25-23(15-19)30-26(20-12-13-37-16-20)32(25)22-4-2-1-3-5-22/h6-13,15-17,22,24H,1-5,14H2,(H,29,33)(H,31,34)(H,35,36). The predicted molar refractivity (Wildman–Crippen MR) is 138 cm³/mol. The maximum Gasteiger partial charge on any atom is 0.326 e. The van der Waals surface area contributed by atoms with Crippen LogP contribution in [-0.2, 0) is 16.0 Å². The van der Waals surface area contributed by atoms with Gasteiger partial charge in [-0.2, -0.15) is 0 Å². The van der Waals surface area contributed by atoms with Crippen molar-refractivity contribution in [2.24, 2.45) is 0 Å². The van der Waals surface area contributed by atoms with Crippen LogP contribution in [0.4, 0.5) is 5.69 Å². The maximum absolute atomic E-state index is 13.1. The lowest BCUT2D eigenvalue weighted by atomic mass is 9.95. The van der Waals surface area contributed by atoms with Gasteiger partial charge < -0.3 is 24.7 Å². The molecular formula is C28H28N4O5. The summed E-state index contributed by atoms with van der Waals surface area (Å²) in [5, 5.41) is 14.9. The molecule has 0 spiro atoms. The van der Waals surface area contributed by atoms with Gasteiger partial charge in [0.2, 0.25) is 6.41 Å². The summed E-state index contributed by atoms with van der Waals surface area (Å²) in [6.45, 7) is 0. The molecule has 1 atom stereocenters. The van der Waals surface area contributed by atoms with Crippen molar-refractivity contribution in [3.63, 3.8) is 0 Å². The number of carboxylic acid groups (broad SMARTS) is 1. The van der Waals surface area contributed by atoms with Crippen molar-refractivity contribution in [1.82, 2.24) is 14.9 Å². The molecule has 1 aliphatic rings. The van der Waals surface area contributed by atoms with Crippen molar-refractivity contribution in [2.45, 2.75) is 50.6 Å². The predicted octanol–water partition coefficient (Wildman–Crippen LogP) is 4.80. The number of furan rings is 1. The highest BCUT2D eigenvalue weighted by molar-refractivity contribution is 5.99. The molecule has 0 aliphatic heterocycles. The minimum atomic E-state index is -1.13. The fraction of sp³-hybridized carbons (Fsp3) is 0.286. The summed E-state index contributed by atoms with van der Waals surface area (Å²) in [6.07, 6.45) is 9.69. The molecule has 0 bridgehead atoms. The van der Waals surface area contributed by atoms with Gasteiger partial charge in [-0.15, -0.1) is 0 Å². The van der Waals surface area contributed by atoms with Gasteiger partial charge in [-0.1, -0.05) is 31.4 Å². The Hall–Kier alpha value is -4.40. The Kier molecular flexibility index (Phi) is 7.02. The summed E-state index contributed by atoms with van der Waals surface area (Å²) < 4.78 is 7.57. The second-order valence-corrected chi connectivity index (χ2v) is 9.34. The van der Waals surface area contributed by atoms with Crippen molar-refractivity contribution in [3.05, 3.63) is 72.2 Å². The third-order valence-electron chi connectivity index (χ3n) is 6.89. The van der Waals surface area contributed by atoms with Crippen LogP contribution in [0.3, 0.4) is 0 Å². The smallest absolute Gasteiger partial charge is 0.326 e. The second kappa shape index (κ2) is 10.7. The van der Waals surface area contributed by atoms with Crippen molar-refractivity contribution < 1.29 is 23.9 Å². The highest BCUT2D eigenvalue weighted by Gasteiger charge is 2.25. The van der Waals surface area contributed by atoms with E-state index in [1.807, 2.05) is 12.1 Å². The highest BCUT2D eigenvalue weighted by Crippen LogP contribution is 2.36. The van der Waals surface area contributed by atoms with Crippen molar-refractivity contribution in [2.75, 3.05) is 5.32 Å². The molecule has 5 rings (SSSR count). The van der Waals surface area contributed by atoms with Crippen molar-refractivity contribution in [3.8, 4) is 11.4 Å². The number of hydrogen-bond donors (Lipinski definition) is 3. The number of imidazole rings is 1. The van der Waals surface area contributed by atoms with Gasteiger partial charge in [0.05, 0.1) is 22.9 Å².